The zero-order valence-electron chi connectivity index (χ0n) is 22.9. The third kappa shape index (κ3) is 5.76. The SMILES string of the molecule is CCCCCc1ccccc1Cc1cc(O)cc(C[C@H]2CCC[C@H]3[C@H]2CCC[C@]32C=CC[C@H](C)C2)c1. The molecular formula is C35H48O. The third-order valence-corrected chi connectivity index (χ3v) is 9.95. The second-order valence-electron chi connectivity index (χ2n) is 12.6. The maximum absolute atomic E-state index is 10.7. The van der Waals surface area contributed by atoms with Crippen molar-refractivity contribution in [3.8, 4) is 5.75 Å². The highest BCUT2D eigenvalue weighted by Gasteiger charge is 2.48. The molecule has 0 aliphatic heterocycles. The smallest absolute Gasteiger partial charge is 0.116 e. The zero-order chi connectivity index (χ0) is 25.0. The van der Waals surface area contributed by atoms with Crippen LogP contribution in [-0.4, -0.2) is 5.11 Å². The number of benzene rings is 2. The summed E-state index contributed by atoms with van der Waals surface area (Å²) in [6.45, 7) is 4.74. The van der Waals surface area contributed by atoms with Gasteiger partial charge in [-0.3, -0.25) is 0 Å². The summed E-state index contributed by atoms with van der Waals surface area (Å²) in [6, 6.07) is 15.4. The van der Waals surface area contributed by atoms with E-state index in [0.29, 0.717) is 11.2 Å². The first-order valence-corrected chi connectivity index (χ1v) is 15.1. The number of allylic oxidation sites excluding steroid dienone is 2. The first-order chi connectivity index (χ1) is 17.6. The molecule has 1 N–H and O–H groups in total. The molecule has 0 heterocycles. The van der Waals surface area contributed by atoms with E-state index in [4.69, 9.17) is 0 Å². The lowest BCUT2D eigenvalue weighted by atomic mass is 9.51. The van der Waals surface area contributed by atoms with Gasteiger partial charge in [0.25, 0.3) is 0 Å². The van der Waals surface area contributed by atoms with Crippen molar-refractivity contribution in [2.75, 3.05) is 0 Å². The molecule has 2 aromatic carbocycles. The van der Waals surface area contributed by atoms with Crippen molar-refractivity contribution in [1.82, 2.24) is 0 Å². The van der Waals surface area contributed by atoms with Crippen LogP contribution in [0.3, 0.4) is 0 Å². The van der Waals surface area contributed by atoms with Crippen molar-refractivity contribution in [3.05, 3.63) is 76.9 Å². The Morgan fingerprint density at radius 3 is 2.61 bits per heavy atom. The molecule has 1 spiro atoms. The normalized spacial score (nSPS) is 29.8. The minimum atomic E-state index is 0.447. The monoisotopic (exact) mass is 484 g/mol. The number of unbranched alkanes of at least 4 members (excludes halogenated alkanes) is 2. The van der Waals surface area contributed by atoms with E-state index in [9.17, 15) is 5.11 Å². The van der Waals surface area contributed by atoms with Crippen LogP contribution < -0.4 is 0 Å². The van der Waals surface area contributed by atoms with Gasteiger partial charge in [-0.05, 0) is 128 Å². The summed E-state index contributed by atoms with van der Waals surface area (Å²) in [5.41, 5.74) is 6.00. The molecule has 0 saturated heterocycles. The van der Waals surface area contributed by atoms with Crippen LogP contribution in [0.5, 0.6) is 5.75 Å². The van der Waals surface area contributed by atoms with Crippen molar-refractivity contribution < 1.29 is 5.11 Å². The number of aromatic hydroxyl groups is 1. The van der Waals surface area contributed by atoms with Gasteiger partial charge in [0.15, 0.2) is 0 Å². The Morgan fingerprint density at radius 1 is 0.944 bits per heavy atom. The standard InChI is InChI=1S/C35H48O/c1-3-4-5-12-29-13-6-7-14-30(29)21-27-20-28(24-32(36)23-27)22-31-15-8-17-34-33(31)16-10-19-35(34)18-9-11-26(2)25-35/h6-7,9,13-14,18,20,23-24,26,31,33-34,36H,3-5,8,10-12,15-17,19,21-22,25H2,1-2H3/t26-,31+,33-,34-,35-/m0/s1. The number of fused-ring (bicyclic) bond motifs is 2. The molecular weight excluding hydrogens is 436 g/mol. The number of phenols is 1. The molecule has 3 aliphatic rings. The topological polar surface area (TPSA) is 20.2 Å². The van der Waals surface area contributed by atoms with Crippen LogP contribution in [0.15, 0.2) is 54.6 Å². The van der Waals surface area contributed by atoms with Gasteiger partial charge in [0.05, 0.1) is 0 Å². The number of hydrogen-bond acceptors (Lipinski definition) is 1. The molecule has 2 aromatic rings. The molecule has 36 heavy (non-hydrogen) atoms. The predicted octanol–water partition coefficient (Wildman–Crippen LogP) is 9.45. The fourth-order valence-corrected chi connectivity index (χ4v) is 8.43. The minimum Gasteiger partial charge on any atom is -0.508 e. The summed E-state index contributed by atoms with van der Waals surface area (Å²) >= 11 is 0. The van der Waals surface area contributed by atoms with Gasteiger partial charge < -0.3 is 5.11 Å². The van der Waals surface area contributed by atoms with Crippen LogP contribution in [0.2, 0.25) is 0 Å². The Hall–Kier alpha value is -2.02. The predicted molar refractivity (Wildman–Crippen MR) is 152 cm³/mol. The Kier molecular flexibility index (Phi) is 8.24. The number of aryl methyl sites for hydroxylation is 1. The molecule has 0 radical (unpaired) electrons. The van der Waals surface area contributed by atoms with Crippen molar-refractivity contribution >= 4 is 0 Å². The largest absolute Gasteiger partial charge is 0.508 e. The lowest BCUT2D eigenvalue weighted by molar-refractivity contribution is -0.00558. The molecule has 5 rings (SSSR count). The molecule has 2 saturated carbocycles. The summed E-state index contributed by atoms with van der Waals surface area (Å²) < 4.78 is 0. The molecule has 1 nitrogen and oxygen atoms in total. The third-order valence-electron chi connectivity index (χ3n) is 9.95. The van der Waals surface area contributed by atoms with Crippen LogP contribution in [0.4, 0.5) is 0 Å². The fourth-order valence-electron chi connectivity index (χ4n) is 8.43. The average molecular weight is 485 g/mol. The Morgan fingerprint density at radius 2 is 1.78 bits per heavy atom. The highest BCUT2D eigenvalue weighted by Crippen LogP contribution is 2.57. The van der Waals surface area contributed by atoms with Gasteiger partial charge in [0, 0.05) is 0 Å². The average Bonchev–Trinajstić information content (AvgIpc) is 2.86. The number of rotatable bonds is 8. The fraction of sp³-hybridized carbons (Fsp3) is 0.600. The summed E-state index contributed by atoms with van der Waals surface area (Å²) in [5, 5.41) is 10.7. The molecule has 0 aromatic heterocycles. The van der Waals surface area contributed by atoms with Gasteiger partial charge in [-0.1, -0.05) is 82.0 Å². The molecule has 194 valence electrons. The van der Waals surface area contributed by atoms with Crippen LogP contribution in [-0.2, 0) is 19.3 Å². The minimum absolute atomic E-state index is 0.447. The van der Waals surface area contributed by atoms with E-state index in [0.717, 1.165) is 42.9 Å². The zero-order valence-corrected chi connectivity index (χ0v) is 22.9. The molecule has 0 amide bonds. The maximum atomic E-state index is 10.7. The summed E-state index contributed by atoms with van der Waals surface area (Å²) in [6.07, 6.45) is 23.3. The lowest BCUT2D eigenvalue weighted by Crippen LogP contribution is -2.45. The Labute approximate surface area is 220 Å². The van der Waals surface area contributed by atoms with E-state index in [1.807, 2.05) is 6.07 Å². The molecule has 0 unspecified atom stereocenters. The van der Waals surface area contributed by atoms with Crippen LogP contribution in [0, 0.1) is 29.1 Å². The first-order valence-electron chi connectivity index (χ1n) is 15.1. The number of phenolic OH excluding ortho intramolecular Hbond substituents is 1. The van der Waals surface area contributed by atoms with Gasteiger partial charge >= 0.3 is 0 Å². The Balaban J connectivity index is 1.32. The van der Waals surface area contributed by atoms with E-state index < -0.39 is 0 Å². The van der Waals surface area contributed by atoms with Crippen molar-refractivity contribution in [2.45, 2.75) is 104 Å². The van der Waals surface area contributed by atoms with Crippen molar-refractivity contribution in [2.24, 2.45) is 29.1 Å². The van der Waals surface area contributed by atoms with E-state index in [1.54, 1.807) is 0 Å². The van der Waals surface area contributed by atoms with Crippen molar-refractivity contribution in [3.63, 3.8) is 0 Å². The number of hydrogen-bond donors (Lipinski definition) is 1. The Bertz CT molecular complexity index is 1030. The molecule has 5 atom stereocenters. The van der Waals surface area contributed by atoms with E-state index in [1.165, 1.54) is 92.9 Å². The summed E-state index contributed by atoms with van der Waals surface area (Å²) in [4.78, 5) is 0. The van der Waals surface area contributed by atoms with E-state index in [2.05, 4.69) is 62.4 Å². The maximum Gasteiger partial charge on any atom is 0.116 e. The first kappa shape index (κ1) is 25.6. The molecule has 0 bridgehead atoms. The van der Waals surface area contributed by atoms with Crippen LogP contribution in [0.1, 0.15) is 107 Å². The van der Waals surface area contributed by atoms with E-state index >= 15 is 0 Å². The highest BCUT2D eigenvalue weighted by atomic mass is 16.3. The van der Waals surface area contributed by atoms with Gasteiger partial charge in [-0.25, -0.2) is 0 Å². The van der Waals surface area contributed by atoms with Gasteiger partial charge in [-0.2, -0.15) is 0 Å². The quantitative estimate of drug-likeness (QED) is 0.292. The lowest BCUT2D eigenvalue weighted by Gasteiger charge is -2.54. The van der Waals surface area contributed by atoms with Crippen molar-refractivity contribution in [1.29, 1.82) is 0 Å². The molecule has 1 heteroatoms. The highest BCUT2D eigenvalue weighted by molar-refractivity contribution is 5.39. The second kappa shape index (κ2) is 11.6. The van der Waals surface area contributed by atoms with Gasteiger partial charge in [0.2, 0.25) is 0 Å². The molecule has 3 aliphatic carbocycles. The van der Waals surface area contributed by atoms with E-state index in [-0.39, 0.29) is 0 Å². The van der Waals surface area contributed by atoms with Gasteiger partial charge in [0.1, 0.15) is 5.75 Å². The van der Waals surface area contributed by atoms with Gasteiger partial charge in [-0.15, -0.1) is 0 Å². The summed E-state index contributed by atoms with van der Waals surface area (Å²) in [5.74, 6) is 3.78. The second-order valence-corrected chi connectivity index (χ2v) is 12.6. The van der Waals surface area contributed by atoms with Crippen LogP contribution >= 0.6 is 0 Å². The molecule has 2 fully saturated rings. The summed E-state index contributed by atoms with van der Waals surface area (Å²) in [7, 11) is 0. The van der Waals surface area contributed by atoms with Crippen LogP contribution in [0.25, 0.3) is 0 Å².